The van der Waals surface area contributed by atoms with Gasteiger partial charge in [-0.2, -0.15) is 0 Å². The van der Waals surface area contributed by atoms with Crippen molar-refractivity contribution in [2.45, 2.75) is 33.1 Å². The normalized spacial score (nSPS) is 13.0. The molecule has 0 saturated carbocycles. The van der Waals surface area contributed by atoms with Crippen LogP contribution in [0.3, 0.4) is 0 Å². The van der Waals surface area contributed by atoms with Gasteiger partial charge in [-0.05, 0) is 36.5 Å². The van der Waals surface area contributed by atoms with Crippen LogP contribution in [0.5, 0.6) is 0 Å². The first-order valence-corrected chi connectivity index (χ1v) is 4.41. The third-order valence-corrected chi connectivity index (χ3v) is 2.36. The molecule has 12 heavy (non-hydrogen) atoms. The van der Waals surface area contributed by atoms with Gasteiger partial charge in [0, 0.05) is 0 Å². The molecule has 1 atom stereocenters. The fourth-order valence-electron chi connectivity index (χ4n) is 1.21. The summed E-state index contributed by atoms with van der Waals surface area (Å²) in [5, 5.41) is 0. The molecule has 0 aliphatic carbocycles. The lowest BCUT2D eigenvalue weighted by molar-refractivity contribution is 0.615. The van der Waals surface area contributed by atoms with E-state index < -0.39 is 0 Å². The molecule has 0 saturated heterocycles. The molecule has 0 fully saturated rings. The van der Waals surface area contributed by atoms with Crippen molar-refractivity contribution in [2.75, 3.05) is 0 Å². The maximum Gasteiger partial charge on any atom is 0.126 e. The minimum atomic E-state index is -0.109. The smallest absolute Gasteiger partial charge is 0.126 e. The highest BCUT2D eigenvalue weighted by atomic mass is 19.1. The number of halogens is 1. The molecule has 1 aromatic rings. The van der Waals surface area contributed by atoms with Gasteiger partial charge in [-0.15, -0.1) is 0 Å². The zero-order valence-electron chi connectivity index (χ0n) is 7.89. The van der Waals surface area contributed by atoms with Crippen molar-refractivity contribution < 1.29 is 4.39 Å². The lowest BCUT2D eigenvalue weighted by atomic mass is 9.97. The van der Waals surface area contributed by atoms with Crippen LogP contribution in [0.25, 0.3) is 0 Å². The van der Waals surface area contributed by atoms with Crippen molar-refractivity contribution in [3.8, 4) is 0 Å². The summed E-state index contributed by atoms with van der Waals surface area (Å²) in [6, 6.07) is 5.36. The Morgan fingerprint density at radius 3 is 2.58 bits per heavy atom. The predicted octanol–water partition coefficient (Wildman–Crippen LogP) is 3.65. The molecule has 0 N–H and O–H groups in total. The van der Waals surface area contributed by atoms with Gasteiger partial charge >= 0.3 is 0 Å². The fourth-order valence-corrected chi connectivity index (χ4v) is 1.21. The van der Waals surface area contributed by atoms with Crippen molar-refractivity contribution in [1.82, 2.24) is 0 Å². The lowest BCUT2D eigenvalue weighted by Crippen LogP contribution is -1.93. The molecule has 66 valence electrons. The van der Waals surface area contributed by atoms with E-state index in [4.69, 9.17) is 0 Å². The molecular formula is C11H15F. The van der Waals surface area contributed by atoms with Gasteiger partial charge in [-0.1, -0.05) is 26.0 Å². The van der Waals surface area contributed by atoms with E-state index in [1.807, 2.05) is 12.1 Å². The van der Waals surface area contributed by atoms with Crippen LogP contribution in [0.1, 0.15) is 37.3 Å². The van der Waals surface area contributed by atoms with Gasteiger partial charge in [-0.3, -0.25) is 0 Å². The lowest BCUT2D eigenvalue weighted by Gasteiger charge is -2.09. The van der Waals surface area contributed by atoms with E-state index >= 15 is 0 Å². The third-order valence-electron chi connectivity index (χ3n) is 2.36. The van der Waals surface area contributed by atoms with Crippen molar-refractivity contribution in [2.24, 2.45) is 0 Å². The Balaban J connectivity index is 2.96. The molecule has 0 amide bonds. The zero-order valence-corrected chi connectivity index (χ0v) is 7.89. The summed E-state index contributed by atoms with van der Waals surface area (Å²) >= 11 is 0. The van der Waals surface area contributed by atoms with Gasteiger partial charge in [0.05, 0.1) is 0 Å². The van der Waals surface area contributed by atoms with Crippen LogP contribution in [0.15, 0.2) is 18.2 Å². The summed E-state index contributed by atoms with van der Waals surface area (Å²) in [7, 11) is 0. The quantitative estimate of drug-likeness (QED) is 0.629. The van der Waals surface area contributed by atoms with Crippen LogP contribution in [0.4, 0.5) is 4.39 Å². The zero-order chi connectivity index (χ0) is 9.14. The summed E-state index contributed by atoms with van der Waals surface area (Å²) in [5.74, 6) is 0.423. The topological polar surface area (TPSA) is 0 Å². The summed E-state index contributed by atoms with van der Waals surface area (Å²) in [4.78, 5) is 0. The van der Waals surface area contributed by atoms with Gasteiger partial charge in [-0.25, -0.2) is 4.39 Å². The highest BCUT2D eigenvalue weighted by Crippen LogP contribution is 2.20. The van der Waals surface area contributed by atoms with Crippen LogP contribution < -0.4 is 0 Å². The molecule has 0 spiro atoms. The minimum absolute atomic E-state index is 0.109. The van der Waals surface area contributed by atoms with E-state index in [0.29, 0.717) is 5.92 Å². The Hall–Kier alpha value is -0.850. The molecular weight excluding hydrogens is 151 g/mol. The van der Waals surface area contributed by atoms with Crippen LogP contribution in [0, 0.1) is 12.7 Å². The molecule has 1 rings (SSSR count). The van der Waals surface area contributed by atoms with Gasteiger partial charge in [0.2, 0.25) is 0 Å². The second kappa shape index (κ2) is 3.70. The van der Waals surface area contributed by atoms with Gasteiger partial charge < -0.3 is 0 Å². The summed E-state index contributed by atoms with van der Waals surface area (Å²) in [5.41, 5.74) is 1.98. The van der Waals surface area contributed by atoms with Crippen molar-refractivity contribution in [1.29, 1.82) is 0 Å². The average molecular weight is 166 g/mol. The minimum Gasteiger partial charge on any atom is -0.207 e. The first kappa shape index (κ1) is 9.24. The Bertz CT molecular complexity index is 266. The maximum absolute atomic E-state index is 12.9. The molecule has 0 aliphatic heterocycles. The van der Waals surface area contributed by atoms with Crippen LogP contribution >= 0.6 is 0 Å². The van der Waals surface area contributed by atoms with Crippen molar-refractivity contribution >= 4 is 0 Å². The summed E-state index contributed by atoms with van der Waals surface area (Å²) in [6.45, 7) is 6.11. The first-order valence-electron chi connectivity index (χ1n) is 4.41. The van der Waals surface area contributed by atoms with E-state index in [-0.39, 0.29) is 5.82 Å². The summed E-state index contributed by atoms with van der Waals surface area (Å²) < 4.78 is 12.9. The second-order valence-corrected chi connectivity index (χ2v) is 3.32. The molecule has 0 aromatic heterocycles. The third kappa shape index (κ3) is 1.84. The van der Waals surface area contributed by atoms with Crippen LogP contribution in [-0.2, 0) is 0 Å². The van der Waals surface area contributed by atoms with Gasteiger partial charge in [0.1, 0.15) is 5.82 Å². The molecule has 0 bridgehead atoms. The molecule has 0 nitrogen and oxygen atoms in total. The van der Waals surface area contributed by atoms with Crippen molar-refractivity contribution in [3.63, 3.8) is 0 Å². The number of hydrogen-bond acceptors (Lipinski definition) is 0. The Morgan fingerprint density at radius 2 is 2.08 bits per heavy atom. The Labute approximate surface area is 73.4 Å². The Morgan fingerprint density at radius 1 is 1.42 bits per heavy atom. The van der Waals surface area contributed by atoms with Gasteiger partial charge in [0.15, 0.2) is 0 Å². The SMILES string of the molecule is CC[C@H](C)c1ccc(F)c(C)c1. The van der Waals surface area contributed by atoms with E-state index in [0.717, 1.165) is 12.0 Å². The van der Waals surface area contributed by atoms with Crippen LogP contribution in [-0.4, -0.2) is 0 Å². The molecule has 0 aliphatic rings. The fraction of sp³-hybridized carbons (Fsp3) is 0.455. The molecule has 0 unspecified atom stereocenters. The number of rotatable bonds is 2. The maximum atomic E-state index is 12.9. The first-order chi connectivity index (χ1) is 5.65. The number of benzene rings is 1. The average Bonchev–Trinajstić information content (AvgIpc) is 2.08. The van der Waals surface area contributed by atoms with E-state index in [1.54, 1.807) is 13.0 Å². The molecule has 0 radical (unpaired) electrons. The van der Waals surface area contributed by atoms with E-state index in [9.17, 15) is 4.39 Å². The molecule has 0 heterocycles. The second-order valence-electron chi connectivity index (χ2n) is 3.32. The highest BCUT2D eigenvalue weighted by Gasteiger charge is 2.04. The van der Waals surface area contributed by atoms with Crippen molar-refractivity contribution in [3.05, 3.63) is 35.1 Å². The van der Waals surface area contributed by atoms with E-state index in [1.165, 1.54) is 5.56 Å². The van der Waals surface area contributed by atoms with Crippen LogP contribution in [0.2, 0.25) is 0 Å². The van der Waals surface area contributed by atoms with E-state index in [2.05, 4.69) is 13.8 Å². The monoisotopic (exact) mass is 166 g/mol. The Kier molecular flexibility index (Phi) is 2.85. The molecule has 1 heteroatoms. The number of hydrogen-bond donors (Lipinski definition) is 0. The largest absolute Gasteiger partial charge is 0.207 e. The van der Waals surface area contributed by atoms with Gasteiger partial charge in [0.25, 0.3) is 0 Å². The standard InChI is InChI=1S/C11H15F/c1-4-8(2)10-5-6-11(12)9(3)7-10/h5-8H,4H2,1-3H3/t8-/m0/s1. The number of aryl methyl sites for hydroxylation is 1. The highest BCUT2D eigenvalue weighted by molar-refractivity contribution is 5.26. The summed E-state index contributed by atoms with van der Waals surface area (Å²) in [6.07, 6.45) is 1.10. The molecule has 1 aromatic carbocycles. The predicted molar refractivity (Wildman–Crippen MR) is 49.8 cm³/mol.